The number of rotatable bonds is 9. The molecule has 1 heterocycles. The fraction of sp³-hybridized carbons (Fsp3) is 0.259. The standard InChI is InChI=1S/C27H27FNO5P/c1-5-9-23(27(18(3)30,26(31)32)35(33)34-4)22-16-29-25(20-10-7-6-8-11-20)17(2)24(22)19-12-14-21(28)15-13-19/h6-16,18,30H,5H2,1-4H3/p+1. The molecule has 1 aromatic heterocycles. The first kappa shape index (κ1) is 26.4. The lowest BCUT2D eigenvalue weighted by atomic mass is 9.82. The van der Waals surface area contributed by atoms with Crippen molar-refractivity contribution in [1.29, 1.82) is 0 Å². The quantitative estimate of drug-likeness (QED) is 0.340. The van der Waals surface area contributed by atoms with Gasteiger partial charge >= 0.3 is 19.2 Å². The number of aromatic nitrogens is 1. The molecule has 2 aromatic carbocycles. The predicted molar refractivity (Wildman–Crippen MR) is 135 cm³/mol. The highest BCUT2D eigenvalue weighted by atomic mass is 31.1. The molecule has 0 aliphatic rings. The molecule has 0 aliphatic carbocycles. The van der Waals surface area contributed by atoms with Crippen LogP contribution in [-0.2, 0) is 13.9 Å². The fourth-order valence-corrected chi connectivity index (χ4v) is 5.52. The lowest BCUT2D eigenvalue weighted by Crippen LogP contribution is -2.46. The summed E-state index contributed by atoms with van der Waals surface area (Å²) in [4.78, 5) is 17.3. The Morgan fingerprint density at radius 2 is 1.80 bits per heavy atom. The SMILES string of the molecule is CCC=C(c1cnc(-c2ccccc2)c(C)c1-c1ccc(F)cc1)C(C(=O)O)(C(C)O)[P+](=O)OC. The summed E-state index contributed by atoms with van der Waals surface area (Å²) in [6.07, 6.45) is 1.98. The summed E-state index contributed by atoms with van der Waals surface area (Å²) in [7, 11) is -1.74. The van der Waals surface area contributed by atoms with E-state index in [1.165, 1.54) is 25.3 Å². The van der Waals surface area contributed by atoms with Crippen molar-refractivity contribution >= 4 is 19.6 Å². The molecule has 3 atom stereocenters. The molecule has 3 rings (SSSR count). The average Bonchev–Trinajstić information content (AvgIpc) is 2.84. The van der Waals surface area contributed by atoms with E-state index in [1.54, 1.807) is 18.2 Å². The van der Waals surface area contributed by atoms with Crippen molar-refractivity contribution in [3.63, 3.8) is 0 Å². The van der Waals surface area contributed by atoms with Gasteiger partial charge in [0.2, 0.25) is 0 Å². The van der Waals surface area contributed by atoms with Crippen LogP contribution in [0.4, 0.5) is 4.39 Å². The third kappa shape index (κ3) is 4.80. The molecule has 8 heteroatoms. The van der Waals surface area contributed by atoms with Crippen molar-refractivity contribution in [2.75, 3.05) is 7.11 Å². The zero-order valence-electron chi connectivity index (χ0n) is 20.0. The lowest BCUT2D eigenvalue weighted by Gasteiger charge is -2.27. The first-order valence-electron chi connectivity index (χ1n) is 11.1. The van der Waals surface area contributed by atoms with Gasteiger partial charge in [-0.25, -0.2) is 9.18 Å². The van der Waals surface area contributed by atoms with Gasteiger partial charge in [-0.3, -0.25) is 4.98 Å². The van der Waals surface area contributed by atoms with E-state index in [2.05, 4.69) is 4.98 Å². The molecule has 2 N–H and O–H groups in total. The van der Waals surface area contributed by atoms with Gasteiger partial charge in [0.05, 0.1) is 12.8 Å². The number of aliphatic hydroxyl groups excluding tert-OH is 1. The molecule has 0 saturated carbocycles. The molecule has 0 aliphatic heterocycles. The van der Waals surface area contributed by atoms with Crippen molar-refractivity contribution < 1.29 is 28.5 Å². The monoisotopic (exact) mass is 496 g/mol. The summed E-state index contributed by atoms with van der Waals surface area (Å²) in [5.41, 5.74) is 3.96. The van der Waals surface area contributed by atoms with E-state index in [1.807, 2.05) is 44.2 Å². The molecule has 0 amide bonds. The van der Waals surface area contributed by atoms with Gasteiger partial charge in [-0.15, -0.1) is 4.52 Å². The van der Waals surface area contributed by atoms with Crippen molar-refractivity contribution in [2.45, 2.75) is 38.5 Å². The van der Waals surface area contributed by atoms with Crippen LogP contribution in [0.25, 0.3) is 28.0 Å². The minimum atomic E-state index is -2.88. The molecule has 182 valence electrons. The van der Waals surface area contributed by atoms with E-state index >= 15 is 0 Å². The summed E-state index contributed by atoms with van der Waals surface area (Å²) in [5, 5.41) is 18.8. The molecular weight excluding hydrogens is 468 g/mol. The van der Waals surface area contributed by atoms with E-state index in [0.717, 1.165) is 18.2 Å². The van der Waals surface area contributed by atoms with Crippen LogP contribution in [-0.4, -0.2) is 39.5 Å². The Morgan fingerprint density at radius 3 is 2.31 bits per heavy atom. The predicted octanol–water partition coefficient (Wildman–Crippen LogP) is 6.25. The summed E-state index contributed by atoms with van der Waals surface area (Å²) >= 11 is 0. The molecule has 6 nitrogen and oxygen atoms in total. The summed E-state index contributed by atoms with van der Waals surface area (Å²) in [5.74, 6) is -1.90. The van der Waals surface area contributed by atoms with Crippen molar-refractivity contribution in [1.82, 2.24) is 4.98 Å². The number of nitrogens with zero attached hydrogens (tertiary/aromatic N) is 1. The van der Waals surface area contributed by atoms with Crippen molar-refractivity contribution in [3.05, 3.63) is 83.8 Å². The maximum absolute atomic E-state index is 13.8. The Morgan fingerprint density at radius 1 is 1.17 bits per heavy atom. The van der Waals surface area contributed by atoms with Gasteiger partial charge in [-0.05, 0) is 53.7 Å². The Hall–Kier alpha value is -3.25. The van der Waals surface area contributed by atoms with Gasteiger partial charge in [0, 0.05) is 22.9 Å². The number of carbonyl (C=O) groups is 1. The van der Waals surface area contributed by atoms with Gasteiger partial charge in [0.15, 0.2) is 0 Å². The highest BCUT2D eigenvalue weighted by Gasteiger charge is 2.65. The lowest BCUT2D eigenvalue weighted by molar-refractivity contribution is -0.141. The number of pyridine rings is 1. The minimum Gasteiger partial charge on any atom is -0.477 e. The average molecular weight is 496 g/mol. The number of hydrogen-bond acceptors (Lipinski definition) is 5. The maximum Gasteiger partial charge on any atom is 0.534 e. The number of carboxylic acid groups (broad SMARTS) is 1. The van der Waals surface area contributed by atoms with E-state index in [4.69, 9.17) is 4.52 Å². The number of benzene rings is 2. The topological polar surface area (TPSA) is 96.7 Å². The second-order valence-corrected chi connectivity index (χ2v) is 9.69. The molecule has 0 bridgehead atoms. The Bertz CT molecular complexity index is 1260. The van der Waals surface area contributed by atoms with Gasteiger partial charge in [-0.2, -0.15) is 0 Å². The normalized spacial score (nSPS) is 14.8. The molecule has 3 unspecified atom stereocenters. The van der Waals surface area contributed by atoms with E-state index < -0.39 is 31.1 Å². The van der Waals surface area contributed by atoms with Crippen LogP contribution in [0.5, 0.6) is 0 Å². The van der Waals surface area contributed by atoms with Crippen LogP contribution in [0.1, 0.15) is 31.4 Å². The number of hydrogen-bond donors (Lipinski definition) is 2. The van der Waals surface area contributed by atoms with Gasteiger partial charge in [0.1, 0.15) is 11.9 Å². The highest BCUT2D eigenvalue weighted by Crippen LogP contribution is 2.53. The zero-order chi connectivity index (χ0) is 25.8. The number of allylic oxidation sites excluding steroid dienone is 1. The Balaban J connectivity index is 2.46. The van der Waals surface area contributed by atoms with Crippen LogP contribution in [0, 0.1) is 12.7 Å². The first-order valence-corrected chi connectivity index (χ1v) is 12.3. The van der Waals surface area contributed by atoms with Gasteiger partial charge < -0.3 is 10.2 Å². The number of aliphatic hydroxyl groups is 1. The summed E-state index contributed by atoms with van der Waals surface area (Å²) in [6.45, 7) is 4.94. The number of aliphatic carboxylic acids is 1. The Labute approximate surface area is 205 Å². The van der Waals surface area contributed by atoms with Crippen LogP contribution in [0.2, 0.25) is 0 Å². The van der Waals surface area contributed by atoms with Crippen LogP contribution < -0.4 is 0 Å². The smallest absolute Gasteiger partial charge is 0.477 e. The van der Waals surface area contributed by atoms with Crippen LogP contribution >= 0.6 is 8.03 Å². The van der Waals surface area contributed by atoms with E-state index in [-0.39, 0.29) is 5.57 Å². The Kier molecular flexibility index (Phi) is 8.28. The second kappa shape index (κ2) is 11.0. The molecular formula is C27H28FNO5P+. The molecule has 35 heavy (non-hydrogen) atoms. The van der Waals surface area contributed by atoms with Gasteiger partial charge in [-0.1, -0.05) is 55.5 Å². The molecule has 0 saturated heterocycles. The zero-order valence-corrected chi connectivity index (χ0v) is 20.9. The molecule has 0 radical (unpaired) electrons. The maximum atomic E-state index is 13.8. The number of halogens is 1. The fourth-order valence-electron chi connectivity index (χ4n) is 4.36. The third-order valence-corrected chi connectivity index (χ3v) is 7.71. The van der Waals surface area contributed by atoms with Gasteiger partial charge in [0.25, 0.3) is 0 Å². The van der Waals surface area contributed by atoms with Crippen LogP contribution in [0.15, 0.2) is 66.9 Å². The third-order valence-electron chi connectivity index (χ3n) is 6.00. The molecule has 0 fully saturated rings. The number of carboxylic acids is 1. The largest absolute Gasteiger partial charge is 0.534 e. The van der Waals surface area contributed by atoms with E-state index in [9.17, 15) is 24.0 Å². The highest BCUT2D eigenvalue weighted by molar-refractivity contribution is 7.43. The molecule has 0 spiro atoms. The summed E-state index contributed by atoms with van der Waals surface area (Å²) in [6, 6.07) is 15.3. The first-order chi connectivity index (χ1) is 16.7. The second-order valence-electron chi connectivity index (χ2n) is 8.11. The molecule has 3 aromatic rings. The van der Waals surface area contributed by atoms with Crippen LogP contribution in [0.3, 0.4) is 0 Å². The minimum absolute atomic E-state index is 0.125. The van der Waals surface area contributed by atoms with Crippen molar-refractivity contribution in [3.8, 4) is 22.4 Å². The van der Waals surface area contributed by atoms with E-state index in [0.29, 0.717) is 28.8 Å². The summed E-state index contributed by atoms with van der Waals surface area (Å²) < 4.78 is 32.0. The van der Waals surface area contributed by atoms with Crippen molar-refractivity contribution in [2.24, 2.45) is 0 Å².